The summed E-state index contributed by atoms with van der Waals surface area (Å²) < 4.78 is 1.36. The molecule has 6 nitrogen and oxygen atoms in total. The molecule has 16 heavy (non-hydrogen) atoms. The van der Waals surface area contributed by atoms with Gasteiger partial charge in [-0.2, -0.15) is 10.4 Å². The lowest BCUT2D eigenvalue weighted by atomic mass is 10.2. The molecule has 0 aliphatic heterocycles. The molecule has 2 rings (SSSR count). The molecule has 78 valence electrons. The van der Waals surface area contributed by atoms with E-state index >= 15 is 0 Å². The van der Waals surface area contributed by atoms with Crippen molar-refractivity contribution in [3.8, 4) is 11.8 Å². The molecule has 0 spiro atoms. The third-order valence-electron chi connectivity index (χ3n) is 2.02. The van der Waals surface area contributed by atoms with Crippen molar-refractivity contribution in [3.63, 3.8) is 0 Å². The summed E-state index contributed by atoms with van der Waals surface area (Å²) in [5.41, 5.74) is 1.02. The second kappa shape index (κ2) is 3.82. The lowest BCUT2D eigenvalue weighted by Crippen LogP contribution is -1.94. The van der Waals surface area contributed by atoms with Crippen LogP contribution < -0.4 is 0 Å². The first-order chi connectivity index (χ1) is 7.70. The molecule has 1 aromatic carbocycles. The van der Waals surface area contributed by atoms with Gasteiger partial charge in [-0.15, -0.1) is 0 Å². The topological polar surface area (TPSA) is 84.8 Å². The van der Waals surface area contributed by atoms with Gasteiger partial charge < -0.3 is 0 Å². The number of hydrogen-bond donors (Lipinski definition) is 0. The van der Waals surface area contributed by atoms with E-state index in [1.54, 1.807) is 24.3 Å². The van der Waals surface area contributed by atoms with Crippen LogP contribution in [-0.2, 0) is 0 Å². The van der Waals surface area contributed by atoms with Gasteiger partial charge >= 0.3 is 5.69 Å². The Morgan fingerprint density at radius 3 is 2.94 bits per heavy atom. The van der Waals surface area contributed by atoms with E-state index < -0.39 is 4.92 Å². The Balaban J connectivity index is 2.43. The first-order valence-electron chi connectivity index (χ1n) is 4.40. The maximum atomic E-state index is 10.5. The van der Waals surface area contributed by atoms with Crippen LogP contribution in [0.25, 0.3) is 5.69 Å². The molecule has 0 saturated heterocycles. The third-order valence-corrected chi connectivity index (χ3v) is 2.02. The van der Waals surface area contributed by atoms with Gasteiger partial charge in [0.2, 0.25) is 0 Å². The van der Waals surface area contributed by atoms with Crippen LogP contribution in [0.1, 0.15) is 5.56 Å². The summed E-state index contributed by atoms with van der Waals surface area (Å²) >= 11 is 0. The number of nitrogens with zero attached hydrogens (tertiary/aromatic N) is 4. The lowest BCUT2D eigenvalue weighted by Gasteiger charge is -1.99. The highest BCUT2D eigenvalue weighted by Crippen LogP contribution is 2.14. The lowest BCUT2D eigenvalue weighted by molar-refractivity contribution is -0.384. The zero-order valence-corrected chi connectivity index (χ0v) is 8.07. The molecule has 0 N–H and O–H groups in total. The first kappa shape index (κ1) is 9.86. The van der Waals surface area contributed by atoms with Gasteiger partial charge in [-0.25, -0.2) is 4.68 Å². The van der Waals surface area contributed by atoms with Crippen LogP contribution in [0.2, 0.25) is 0 Å². The Morgan fingerprint density at radius 1 is 1.50 bits per heavy atom. The van der Waals surface area contributed by atoms with Gasteiger partial charge in [0.25, 0.3) is 0 Å². The van der Waals surface area contributed by atoms with E-state index in [-0.39, 0.29) is 5.69 Å². The molecule has 6 heteroatoms. The largest absolute Gasteiger partial charge is 0.307 e. The highest BCUT2D eigenvalue weighted by molar-refractivity contribution is 5.41. The molecule has 0 amide bonds. The van der Waals surface area contributed by atoms with E-state index in [1.807, 2.05) is 6.07 Å². The van der Waals surface area contributed by atoms with Crippen LogP contribution in [0.5, 0.6) is 0 Å². The highest BCUT2D eigenvalue weighted by atomic mass is 16.6. The summed E-state index contributed by atoms with van der Waals surface area (Å²) in [7, 11) is 0. The monoisotopic (exact) mass is 214 g/mol. The molecule has 0 radical (unpaired) electrons. The van der Waals surface area contributed by atoms with Crippen molar-refractivity contribution in [3.05, 3.63) is 52.3 Å². The fourth-order valence-corrected chi connectivity index (χ4v) is 1.27. The average Bonchev–Trinajstić information content (AvgIpc) is 2.78. The summed E-state index contributed by atoms with van der Waals surface area (Å²) in [5.74, 6) is 0. The van der Waals surface area contributed by atoms with Crippen LogP contribution in [0.3, 0.4) is 0 Å². The SMILES string of the molecule is N#Cc1cccc(-n2cc([N+](=O)[O-])cn2)c1. The Hall–Kier alpha value is -2.68. The molecule has 0 saturated carbocycles. The molecule has 0 bridgehead atoms. The van der Waals surface area contributed by atoms with Crippen LogP contribution in [0.4, 0.5) is 5.69 Å². The van der Waals surface area contributed by atoms with Crippen LogP contribution >= 0.6 is 0 Å². The molecule has 0 fully saturated rings. The van der Waals surface area contributed by atoms with Crippen molar-refractivity contribution in [2.24, 2.45) is 0 Å². The second-order valence-corrected chi connectivity index (χ2v) is 3.06. The maximum absolute atomic E-state index is 10.5. The van der Waals surface area contributed by atoms with Gasteiger partial charge in [-0.05, 0) is 18.2 Å². The van der Waals surface area contributed by atoms with E-state index in [1.165, 1.54) is 17.1 Å². The fourth-order valence-electron chi connectivity index (χ4n) is 1.27. The van der Waals surface area contributed by atoms with Crippen molar-refractivity contribution in [1.82, 2.24) is 9.78 Å². The van der Waals surface area contributed by atoms with Gasteiger partial charge in [-0.1, -0.05) is 6.07 Å². The molecule has 1 heterocycles. The zero-order chi connectivity index (χ0) is 11.5. The molecule has 0 unspecified atom stereocenters. The summed E-state index contributed by atoms with van der Waals surface area (Å²) in [6, 6.07) is 8.67. The molecule has 0 aliphatic rings. The minimum absolute atomic E-state index is 0.0811. The van der Waals surface area contributed by atoms with Crippen molar-refractivity contribution in [2.75, 3.05) is 0 Å². The van der Waals surface area contributed by atoms with Gasteiger partial charge in [0.1, 0.15) is 12.4 Å². The van der Waals surface area contributed by atoms with Crippen LogP contribution in [-0.4, -0.2) is 14.7 Å². The van der Waals surface area contributed by atoms with Crippen molar-refractivity contribution in [1.29, 1.82) is 5.26 Å². The van der Waals surface area contributed by atoms with E-state index in [0.29, 0.717) is 11.3 Å². The van der Waals surface area contributed by atoms with Crippen LogP contribution in [0, 0.1) is 21.4 Å². The number of nitriles is 1. The van der Waals surface area contributed by atoms with E-state index in [9.17, 15) is 10.1 Å². The first-order valence-corrected chi connectivity index (χ1v) is 4.40. The number of aromatic nitrogens is 2. The Morgan fingerprint density at radius 2 is 2.31 bits per heavy atom. The van der Waals surface area contributed by atoms with Crippen molar-refractivity contribution < 1.29 is 4.92 Å². The Labute approximate surface area is 90.5 Å². The highest BCUT2D eigenvalue weighted by Gasteiger charge is 2.09. The summed E-state index contributed by atoms with van der Waals surface area (Å²) in [4.78, 5) is 9.95. The quantitative estimate of drug-likeness (QED) is 0.562. The van der Waals surface area contributed by atoms with Crippen molar-refractivity contribution in [2.45, 2.75) is 0 Å². The second-order valence-electron chi connectivity index (χ2n) is 3.06. The van der Waals surface area contributed by atoms with E-state index in [2.05, 4.69) is 5.10 Å². The van der Waals surface area contributed by atoms with Gasteiger partial charge in [0, 0.05) is 0 Å². The molecule has 0 aliphatic carbocycles. The normalized spacial score (nSPS) is 9.69. The number of nitro groups is 1. The van der Waals surface area contributed by atoms with Crippen molar-refractivity contribution >= 4 is 5.69 Å². The Kier molecular flexibility index (Phi) is 2.36. The minimum atomic E-state index is -0.516. The van der Waals surface area contributed by atoms with E-state index in [4.69, 9.17) is 5.26 Å². The summed E-state index contributed by atoms with van der Waals surface area (Å²) in [5, 5.41) is 23.0. The number of hydrogen-bond acceptors (Lipinski definition) is 4. The van der Waals surface area contributed by atoms with E-state index in [0.717, 1.165) is 0 Å². The van der Waals surface area contributed by atoms with Crippen LogP contribution in [0.15, 0.2) is 36.7 Å². The molecule has 2 aromatic rings. The average molecular weight is 214 g/mol. The summed E-state index contributed by atoms with van der Waals surface area (Å²) in [6.45, 7) is 0. The van der Waals surface area contributed by atoms with Gasteiger partial charge in [0.05, 0.1) is 22.2 Å². The zero-order valence-electron chi connectivity index (χ0n) is 8.07. The standard InChI is InChI=1S/C10H6N4O2/c11-5-8-2-1-3-9(4-8)13-7-10(6-12-13)14(15)16/h1-4,6-7H. The van der Waals surface area contributed by atoms with Gasteiger partial charge in [0.15, 0.2) is 0 Å². The summed E-state index contributed by atoms with van der Waals surface area (Å²) in [6.07, 6.45) is 2.47. The minimum Gasteiger partial charge on any atom is -0.258 e. The molecular weight excluding hydrogens is 208 g/mol. The van der Waals surface area contributed by atoms with Gasteiger partial charge in [-0.3, -0.25) is 10.1 Å². The predicted octanol–water partition coefficient (Wildman–Crippen LogP) is 1.65. The molecule has 1 aromatic heterocycles. The smallest absolute Gasteiger partial charge is 0.258 e. The molecular formula is C10H6N4O2. The predicted molar refractivity (Wildman–Crippen MR) is 54.9 cm³/mol. The Bertz CT molecular complexity index is 583. The maximum Gasteiger partial charge on any atom is 0.307 e. The third kappa shape index (κ3) is 1.74. The number of benzene rings is 1. The fraction of sp³-hybridized carbons (Fsp3) is 0. The number of rotatable bonds is 2. The molecule has 0 atom stereocenters.